The summed E-state index contributed by atoms with van der Waals surface area (Å²) in [5, 5.41) is 0. The lowest BCUT2D eigenvalue weighted by Gasteiger charge is -2.58. The molecule has 0 radical (unpaired) electrons. The Morgan fingerprint density at radius 2 is 1.71 bits per heavy atom. The molecule has 2 spiro atoms. The summed E-state index contributed by atoms with van der Waals surface area (Å²) >= 11 is 0. The Hall–Kier alpha value is -0.590. The Balaban J connectivity index is 2.03. The van der Waals surface area contributed by atoms with Crippen molar-refractivity contribution >= 4 is 5.78 Å². The fraction of sp³-hybridized carbons (Fsp3) is 0.850. The van der Waals surface area contributed by atoms with Gasteiger partial charge in [0, 0.05) is 10.8 Å². The number of Topliss-reactive ketones (excluding diaryl/α,β-unsaturated/α-hetero) is 1. The molecule has 0 aromatic rings. The van der Waals surface area contributed by atoms with E-state index >= 15 is 0 Å². The Morgan fingerprint density at radius 1 is 1.00 bits per heavy atom. The first kappa shape index (κ1) is 14.0. The minimum absolute atomic E-state index is 0.0927. The average molecular weight is 286 g/mol. The summed E-state index contributed by atoms with van der Waals surface area (Å²) in [5.74, 6) is 1.26. The number of hydrogen-bond acceptors (Lipinski definition) is 1. The molecule has 0 saturated heterocycles. The molecule has 4 aliphatic rings. The maximum Gasteiger partial charge on any atom is 0.165 e. The van der Waals surface area contributed by atoms with Gasteiger partial charge in [0.05, 0.1) is 0 Å². The molecule has 0 N–H and O–H groups in total. The molecule has 4 aliphatic carbocycles. The van der Waals surface area contributed by atoms with E-state index in [-0.39, 0.29) is 10.8 Å². The van der Waals surface area contributed by atoms with Crippen LogP contribution in [0.1, 0.15) is 79.6 Å². The summed E-state index contributed by atoms with van der Waals surface area (Å²) in [5.41, 5.74) is 3.54. The van der Waals surface area contributed by atoms with Crippen LogP contribution >= 0.6 is 0 Å². The van der Waals surface area contributed by atoms with Crippen LogP contribution in [-0.4, -0.2) is 5.78 Å². The van der Waals surface area contributed by atoms with Crippen molar-refractivity contribution in [2.75, 3.05) is 0 Å². The Morgan fingerprint density at radius 3 is 2.43 bits per heavy atom. The topological polar surface area (TPSA) is 17.1 Å². The monoisotopic (exact) mass is 286 g/mol. The normalized spacial score (nSPS) is 55.7. The van der Waals surface area contributed by atoms with Crippen molar-refractivity contribution in [2.24, 2.45) is 27.6 Å². The highest BCUT2D eigenvalue weighted by molar-refractivity contribution is 6.04. The second-order valence-electron chi connectivity index (χ2n) is 9.14. The molecular weight excluding hydrogens is 256 g/mol. The van der Waals surface area contributed by atoms with E-state index in [0.29, 0.717) is 16.6 Å². The summed E-state index contributed by atoms with van der Waals surface area (Å²) in [6.07, 6.45) is 9.16. The molecular formula is C20H30O. The van der Waals surface area contributed by atoms with Crippen molar-refractivity contribution in [3.8, 4) is 0 Å². The minimum Gasteiger partial charge on any atom is -0.294 e. The van der Waals surface area contributed by atoms with Gasteiger partial charge in [-0.15, -0.1) is 0 Å². The molecule has 0 amide bonds. The number of allylic oxidation sites excluding steroid dienone is 2. The number of ketones is 1. The molecule has 0 bridgehead atoms. The van der Waals surface area contributed by atoms with E-state index in [4.69, 9.17) is 0 Å². The highest BCUT2D eigenvalue weighted by Gasteiger charge is 2.79. The minimum atomic E-state index is -0.0927. The number of carbonyl (C=O) groups is 1. The van der Waals surface area contributed by atoms with Crippen LogP contribution in [0.25, 0.3) is 0 Å². The van der Waals surface area contributed by atoms with Crippen molar-refractivity contribution < 1.29 is 4.79 Å². The lowest BCUT2D eigenvalue weighted by Crippen LogP contribution is -2.53. The van der Waals surface area contributed by atoms with Crippen LogP contribution in [0.2, 0.25) is 0 Å². The van der Waals surface area contributed by atoms with Gasteiger partial charge >= 0.3 is 0 Å². The maximum absolute atomic E-state index is 13.1. The fourth-order valence-electron chi connectivity index (χ4n) is 8.17. The predicted molar refractivity (Wildman–Crippen MR) is 85.9 cm³/mol. The highest BCUT2D eigenvalue weighted by atomic mass is 16.1. The van der Waals surface area contributed by atoms with Gasteiger partial charge in [0.2, 0.25) is 0 Å². The highest BCUT2D eigenvalue weighted by Crippen LogP contribution is 2.85. The molecule has 5 atom stereocenters. The SMILES string of the molecule is CC1=C(C)[C@]23CC[C@]4(C)CCC[C@@H](C)[C@@]42CC[C@@]3(C)C1=O. The first-order valence-corrected chi connectivity index (χ1v) is 9.00. The molecule has 21 heavy (non-hydrogen) atoms. The smallest absolute Gasteiger partial charge is 0.165 e. The molecule has 4 rings (SSSR count). The van der Waals surface area contributed by atoms with Gasteiger partial charge < -0.3 is 0 Å². The Labute approximate surface area is 129 Å². The lowest BCUT2D eigenvalue weighted by molar-refractivity contribution is -0.132. The first-order chi connectivity index (χ1) is 9.77. The second kappa shape index (κ2) is 3.66. The zero-order chi connectivity index (χ0) is 15.3. The van der Waals surface area contributed by atoms with Crippen molar-refractivity contribution in [3.05, 3.63) is 11.1 Å². The molecule has 0 heterocycles. The molecule has 3 fully saturated rings. The summed E-state index contributed by atoms with van der Waals surface area (Å²) in [6, 6.07) is 0. The standard InChI is InChI=1S/C20H30O/c1-13-7-6-8-17(4)9-11-20-15(3)14(2)16(21)18(20,5)10-12-19(13,17)20/h13H,6-12H2,1-5H3/t13-,17+,18+,19+,20+/m1/s1. The third-order valence-corrected chi connectivity index (χ3v) is 9.10. The largest absolute Gasteiger partial charge is 0.294 e. The molecule has 1 nitrogen and oxygen atoms in total. The average Bonchev–Trinajstić information content (AvgIpc) is 2.93. The third kappa shape index (κ3) is 1.09. The molecule has 0 aliphatic heterocycles. The van der Waals surface area contributed by atoms with Crippen LogP contribution in [-0.2, 0) is 4.79 Å². The Kier molecular flexibility index (Phi) is 2.44. The zero-order valence-electron chi connectivity index (χ0n) is 14.4. The second-order valence-corrected chi connectivity index (χ2v) is 9.14. The van der Waals surface area contributed by atoms with Crippen LogP contribution in [0.3, 0.4) is 0 Å². The summed E-state index contributed by atoms with van der Waals surface area (Å²) in [6.45, 7) is 11.8. The predicted octanol–water partition coefficient (Wildman–Crippen LogP) is 5.30. The fourth-order valence-corrected chi connectivity index (χ4v) is 8.17. The Bertz CT molecular complexity index is 572. The van der Waals surface area contributed by atoms with E-state index in [1.807, 2.05) is 0 Å². The van der Waals surface area contributed by atoms with Crippen LogP contribution in [0.15, 0.2) is 11.1 Å². The van der Waals surface area contributed by atoms with Crippen molar-refractivity contribution in [1.29, 1.82) is 0 Å². The van der Waals surface area contributed by atoms with Crippen LogP contribution in [0, 0.1) is 27.6 Å². The zero-order valence-corrected chi connectivity index (χ0v) is 14.4. The molecule has 0 unspecified atom stereocenters. The van der Waals surface area contributed by atoms with Gasteiger partial charge in [0.1, 0.15) is 0 Å². The van der Waals surface area contributed by atoms with Crippen LogP contribution in [0.4, 0.5) is 0 Å². The molecule has 0 aromatic heterocycles. The summed E-state index contributed by atoms with van der Waals surface area (Å²) in [4.78, 5) is 13.1. The van der Waals surface area contributed by atoms with E-state index in [0.717, 1.165) is 17.9 Å². The van der Waals surface area contributed by atoms with Crippen molar-refractivity contribution in [2.45, 2.75) is 79.6 Å². The van der Waals surface area contributed by atoms with E-state index in [1.54, 1.807) is 0 Å². The lowest BCUT2D eigenvalue weighted by atomic mass is 9.45. The number of rotatable bonds is 0. The maximum atomic E-state index is 13.1. The van der Waals surface area contributed by atoms with Gasteiger partial charge in [0.25, 0.3) is 0 Å². The summed E-state index contributed by atoms with van der Waals surface area (Å²) < 4.78 is 0. The van der Waals surface area contributed by atoms with Crippen molar-refractivity contribution in [3.63, 3.8) is 0 Å². The van der Waals surface area contributed by atoms with Gasteiger partial charge in [-0.1, -0.05) is 39.2 Å². The molecule has 0 aromatic carbocycles. The first-order valence-electron chi connectivity index (χ1n) is 9.00. The number of carbonyl (C=O) groups excluding carboxylic acids is 1. The number of hydrogen-bond donors (Lipinski definition) is 0. The van der Waals surface area contributed by atoms with Crippen molar-refractivity contribution in [1.82, 2.24) is 0 Å². The van der Waals surface area contributed by atoms with E-state index < -0.39 is 0 Å². The van der Waals surface area contributed by atoms with Gasteiger partial charge in [-0.05, 0) is 68.3 Å². The van der Waals surface area contributed by atoms with Crippen LogP contribution in [0.5, 0.6) is 0 Å². The molecule has 116 valence electrons. The van der Waals surface area contributed by atoms with E-state index in [2.05, 4.69) is 34.6 Å². The molecule has 1 heteroatoms. The van der Waals surface area contributed by atoms with Gasteiger partial charge in [-0.2, -0.15) is 0 Å². The van der Waals surface area contributed by atoms with E-state index in [1.165, 1.54) is 44.1 Å². The molecule has 3 saturated carbocycles. The van der Waals surface area contributed by atoms with E-state index in [9.17, 15) is 4.79 Å². The van der Waals surface area contributed by atoms with Gasteiger partial charge in [-0.25, -0.2) is 0 Å². The third-order valence-electron chi connectivity index (χ3n) is 9.10. The van der Waals surface area contributed by atoms with Gasteiger partial charge in [0.15, 0.2) is 5.78 Å². The summed E-state index contributed by atoms with van der Waals surface area (Å²) in [7, 11) is 0. The quantitative estimate of drug-likeness (QED) is 0.590. The van der Waals surface area contributed by atoms with Crippen LogP contribution < -0.4 is 0 Å². The van der Waals surface area contributed by atoms with Gasteiger partial charge in [-0.3, -0.25) is 4.79 Å².